The number of H-pyrrole nitrogens is 1. The van der Waals surface area contributed by atoms with Crippen LogP contribution in [0, 0.1) is 39.4 Å². The van der Waals surface area contributed by atoms with E-state index in [9.17, 15) is 4.79 Å². The number of nitrogens with two attached hydrogens (primary N) is 2. The third-order valence-corrected chi connectivity index (χ3v) is 13.2. The smallest absolute Gasteiger partial charge is 0.228 e. The van der Waals surface area contributed by atoms with E-state index in [0.29, 0.717) is 17.7 Å². The lowest BCUT2D eigenvalue weighted by Crippen LogP contribution is -2.71. The van der Waals surface area contributed by atoms with Crippen molar-refractivity contribution in [3.05, 3.63) is 22.9 Å². The highest BCUT2D eigenvalue weighted by molar-refractivity contribution is 6.64. The third kappa shape index (κ3) is 2.83. The molecule has 7 atom stereocenters. The summed E-state index contributed by atoms with van der Waals surface area (Å²) in [6.45, 7) is 14.4. The fraction of sp³-hybridized carbons (Fsp3) is 0.800. The fourth-order valence-electron chi connectivity index (χ4n) is 10.7. The molecule has 0 aromatic carbocycles. The van der Waals surface area contributed by atoms with Crippen LogP contribution in [0.2, 0.25) is 0 Å². The number of nitrogen functional groups attached to an aromatic ring is 1. The van der Waals surface area contributed by atoms with Gasteiger partial charge in [0.1, 0.15) is 5.82 Å². The Bertz CT molecular complexity index is 1170. The predicted octanol–water partition coefficient (Wildman–Crippen LogP) is 6.26. The van der Waals surface area contributed by atoms with Gasteiger partial charge in [0.2, 0.25) is 5.24 Å². The standard InChI is InChI=1S/C30H45ClN4O/c1-25(2)11-12-29(24(31)36)13-14-30(33)18(19(29)16-25)7-8-21-27(5)15-17-22(34-35-23(17)32)26(3,4)20(27)9-10-28(21,30)6/h7,19-21H,8-16,33H2,1-6H3,(H3,32,34,35)/t19?,20?,21?,27-,28+,29-,30-/m0/s1. The number of hydrogen-bond acceptors (Lipinski definition) is 4. The largest absolute Gasteiger partial charge is 0.382 e. The molecule has 0 amide bonds. The van der Waals surface area contributed by atoms with Crippen molar-refractivity contribution in [2.24, 2.45) is 45.1 Å². The molecule has 6 heteroatoms. The monoisotopic (exact) mass is 512 g/mol. The van der Waals surface area contributed by atoms with Gasteiger partial charge >= 0.3 is 0 Å². The second kappa shape index (κ2) is 7.20. The van der Waals surface area contributed by atoms with E-state index in [1.165, 1.54) is 16.8 Å². The van der Waals surface area contributed by atoms with E-state index in [-0.39, 0.29) is 32.8 Å². The van der Waals surface area contributed by atoms with Crippen molar-refractivity contribution in [1.29, 1.82) is 0 Å². The summed E-state index contributed by atoms with van der Waals surface area (Å²) in [5, 5.41) is 7.60. The van der Waals surface area contributed by atoms with Gasteiger partial charge in [-0.2, -0.15) is 5.10 Å². The number of allylic oxidation sites excluding steroid dienone is 1. The number of halogens is 1. The minimum Gasteiger partial charge on any atom is -0.382 e. The summed E-state index contributed by atoms with van der Waals surface area (Å²) in [6, 6.07) is 0. The normalized spacial score (nSPS) is 46.3. The van der Waals surface area contributed by atoms with Crippen LogP contribution in [0.1, 0.15) is 104 Å². The molecule has 0 aliphatic heterocycles. The van der Waals surface area contributed by atoms with Gasteiger partial charge in [-0.05, 0) is 109 Å². The Hall–Kier alpha value is -1.33. The Morgan fingerprint density at radius 3 is 2.44 bits per heavy atom. The minimum absolute atomic E-state index is 0.0137. The Balaban J connectivity index is 1.47. The zero-order valence-corrected chi connectivity index (χ0v) is 23.8. The highest BCUT2D eigenvalue weighted by atomic mass is 35.5. The number of hydrogen-bond donors (Lipinski definition) is 3. The summed E-state index contributed by atoms with van der Waals surface area (Å²) < 4.78 is 0. The molecule has 0 radical (unpaired) electrons. The summed E-state index contributed by atoms with van der Waals surface area (Å²) in [4.78, 5) is 13.0. The highest BCUT2D eigenvalue weighted by Crippen LogP contribution is 2.72. The molecule has 36 heavy (non-hydrogen) atoms. The van der Waals surface area contributed by atoms with E-state index in [1.54, 1.807) is 0 Å². The van der Waals surface area contributed by atoms with Crippen molar-refractivity contribution in [2.45, 2.75) is 110 Å². The molecule has 5 N–H and O–H groups in total. The van der Waals surface area contributed by atoms with E-state index in [4.69, 9.17) is 23.1 Å². The topological polar surface area (TPSA) is 97.8 Å². The van der Waals surface area contributed by atoms with Gasteiger partial charge in [-0.1, -0.05) is 47.6 Å². The molecule has 3 fully saturated rings. The van der Waals surface area contributed by atoms with Gasteiger partial charge < -0.3 is 11.5 Å². The zero-order chi connectivity index (χ0) is 26.1. The van der Waals surface area contributed by atoms with E-state index < -0.39 is 11.0 Å². The molecule has 1 aromatic rings. The molecule has 1 heterocycles. The maximum Gasteiger partial charge on any atom is 0.228 e. The first-order valence-electron chi connectivity index (χ1n) is 14.1. The molecule has 5 aliphatic rings. The van der Waals surface area contributed by atoms with E-state index in [0.717, 1.165) is 57.8 Å². The van der Waals surface area contributed by atoms with E-state index in [2.05, 4.69) is 57.8 Å². The first kappa shape index (κ1) is 25.0. The number of carbonyl (C=O) groups is 1. The van der Waals surface area contributed by atoms with Crippen LogP contribution in [-0.4, -0.2) is 21.0 Å². The lowest BCUT2D eigenvalue weighted by molar-refractivity contribution is -0.146. The molecule has 3 saturated carbocycles. The van der Waals surface area contributed by atoms with E-state index in [1.807, 2.05) is 0 Å². The maximum absolute atomic E-state index is 13.0. The third-order valence-electron chi connectivity index (χ3n) is 12.8. The van der Waals surface area contributed by atoms with Gasteiger partial charge in [0, 0.05) is 22.2 Å². The van der Waals surface area contributed by atoms with Crippen molar-refractivity contribution >= 4 is 22.7 Å². The average Bonchev–Trinajstić information content (AvgIpc) is 3.14. The molecule has 3 unspecified atom stereocenters. The van der Waals surface area contributed by atoms with Gasteiger partial charge in [0.25, 0.3) is 0 Å². The first-order valence-corrected chi connectivity index (χ1v) is 14.5. The summed E-state index contributed by atoms with van der Waals surface area (Å²) in [5.41, 5.74) is 17.3. The van der Waals surface area contributed by atoms with Gasteiger partial charge in [-0.15, -0.1) is 0 Å². The molecular weight excluding hydrogens is 468 g/mol. The number of nitrogens with zero attached hydrogens (tertiary/aromatic N) is 1. The Morgan fingerprint density at radius 1 is 1.06 bits per heavy atom. The number of aromatic amines is 1. The van der Waals surface area contributed by atoms with Gasteiger partial charge in [0.05, 0.1) is 5.41 Å². The molecule has 5 aliphatic carbocycles. The minimum atomic E-state index is -0.441. The van der Waals surface area contributed by atoms with Gasteiger partial charge in [0.15, 0.2) is 0 Å². The van der Waals surface area contributed by atoms with Crippen LogP contribution in [0.3, 0.4) is 0 Å². The molecule has 0 spiro atoms. The van der Waals surface area contributed by atoms with Crippen molar-refractivity contribution in [2.75, 3.05) is 5.73 Å². The van der Waals surface area contributed by atoms with Crippen LogP contribution < -0.4 is 11.5 Å². The SMILES string of the molecule is CC1(C)CC[C@]2(C(=O)Cl)CC[C@]3(N)C(=CCC4[C@@]5(C)Cc6c(N)n[nH]c6C(C)(C)C5CC[C@]43C)C2C1. The number of carbonyl (C=O) groups excluding carboxylic acids is 1. The quantitative estimate of drug-likeness (QED) is 0.305. The van der Waals surface area contributed by atoms with Crippen LogP contribution in [0.15, 0.2) is 11.6 Å². The Labute approximate surface area is 221 Å². The summed E-state index contributed by atoms with van der Waals surface area (Å²) in [7, 11) is 0. The van der Waals surface area contributed by atoms with Crippen LogP contribution in [0.5, 0.6) is 0 Å². The summed E-state index contributed by atoms with van der Waals surface area (Å²) in [5.74, 6) is 1.81. The van der Waals surface area contributed by atoms with Crippen molar-refractivity contribution < 1.29 is 4.79 Å². The number of fused-ring (bicyclic) bond motifs is 8. The maximum atomic E-state index is 13.0. The molecule has 0 saturated heterocycles. The Kier molecular flexibility index (Phi) is 4.99. The van der Waals surface area contributed by atoms with E-state index >= 15 is 0 Å². The van der Waals surface area contributed by atoms with Gasteiger partial charge in [-0.3, -0.25) is 9.89 Å². The highest BCUT2D eigenvalue weighted by Gasteiger charge is 2.69. The van der Waals surface area contributed by atoms with Crippen LogP contribution in [0.4, 0.5) is 5.82 Å². The number of nitrogens with one attached hydrogen (secondary N) is 1. The lowest BCUT2D eigenvalue weighted by atomic mass is 9.35. The number of anilines is 1. The first-order chi connectivity index (χ1) is 16.6. The van der Waals surface area contributed by atoms with Crippen molar-refractivity contribution in [1.82, 2.24) is 10.2 Å². The second-order valence-electron chi connectivity index (χ2n) is 15.1. The van der Waals surface area contributed by atoms with Crippen molar-refractivity contribution in [3.63, 3.8) is 0 Å². The second-order valence-corrected chi connectivity index (χ2v) is 15.5. The summed E-state index contributed by atoms with van der Waals surface area (Å²) in [6.07, 6.45) is 11.3. The van der Waals surface area contributed by atoms with Crippen molar-refractivity contribution in [3.8, 4) is 0 Å². The molecule has 1 aromatic heterocycles. The Morgan fingerprint density at radius 2 is 1.75 bits per heavy atom. The summed E-state index contributed by atoms with van der Waals surface area (Å²) >= 11 is 6.43. The van der Waals surface area contributed by atoms with Crippen LogP contribution >= 0.6 is 11.6 Å². The number of aromatic nitrogens is 2. The molecule has 0 bridgehead atoms. The fourth-order valence-corrected chi connectivity index (χ4v) is 11.1. The molecular formula is C30H45ClN4O. The number of rotatable bonds is 1. The molecule has 5 nitrogen and oxygen atoms in total. The zero-order valence-electron chi connectivity index (χ0n) is 23.1. The van der Waals surface area contributed by atoms with Gasteiger partial charge in [-0.25, -0.2) is 0 Å². The lowest BCUT2D eigenvalue weighted by Gasteiger charge is -2.70. The predicted molar refractivity (Wildman–Crippen MR) is 145 cm³/mol. The molecule has 198 valence electrons. The van der Waals surface area contributed by atoms with Crippen LogP contribution in [-0.2, 0) is 16.6 Å². The van der Waals surface area contributed by atoms with Crippen LogP contribution in [0.25, 0.3) is 0 Å². The molecule has 6 rings (SSSR count). The average molecular weight is 513 g/mol.